The van der Waals surface area contributed by atoms with Crippen molar-refractivity contribution in [3.8, 4) is 0 Å². The molecule has 1 saturated carbocycles. The third kappa shape index (κ3) is 2.85. The van der Waals surface area contributed by atoms with E-state index in [2.05, 4.69) is 21.9 Å². The number of nitrogens with one attached hydrogen (secondary N) is 1. The highest BCUT2D eigenvalue weighted by Crippen LogP contribution is 2.29. The molecular formula is C14H18N4OS. The molecule has 0 atom stereocenters. The van der Waals surface area contributed by atoms with Gasteiger partial charge in [-0.1, -0.05) is 0 Å². The number of anilines is 1. The van der Waals surface area contributed by atoms with Gasteiger partial charge < -0.3 is 4.90 Å². The van der Waals surface area contributed by atoms with Crippen molar-refractivity contribution in [1.29, 1.82) is 0 Å². The average Bonchev–Trinajstić information content (AvgIpc) is 3.01. The fourth-order valence-electron chi connectivity index (χ4n) is 2.24. The van der Waals surface area contributed by atoms with Gasteiger partial charge in [0.15, 0.2) is 0 Å². The molecule has 6 heteroatoms. The largest absolute Gasteiger partial charge is 0.323 e. The molecule has 1 aliphatic carbocycles. The molecular weight excluding hydrogens is 272 g/mol. The van der Waals surface area contributed by atoms with E-state index in [0.717, 1.165) is 24.4 Å². The summed E-state index contributed by atoms with van der Waals surface area (Å²) >= 11 is 1.66. The van der Waals surface area contributed by atoms with Gasteiger partial charge in [0.05, 0.1) is 5.69 Å². The molecule has 1 aliphatic rings. The first-order chi connectivity index (χ1) is 9.63. The van der Waals surface area contributed by atoms with Crippen LogP contribution in [0.2, 0.25) is 0 Å². The van der Waals surface area contributed by atoms with Gasteiger partial charge >= 0.3 is 6.03 Å². The zero-order valence-corrected chi connectivity index (χ0v) is 12.5. The lowest BCUT2D eigenvalue weighted by Gasteiger charge is -2.22. The van der Waals surface area contributed by atoms with Crippen LogP contribution in [0.5, 0.6) is 0 Å². The van der Waals surface area contributed by atoms with Crippen LogP contribution in [-0.2, 0) is 13.6 Å². The van der Waals surface area contributed by atoms with E-state index in [4.69, 9.17) is 0 Å². The fourth-order valence-corrected chi connectivity index (χ4v) is 2.90. The van der Waals surface area contributed by atoms with E-state index in [1.807, 2.05) is 30.3 Å². The molecule has 0 spiro atoms. The van der Waals surface area contributed by atoms with E-state index in [9.17, 15) is 4.79 Å². The minimum atomic E-state index is -0.0401. The Balaban J connectivity index is 1.71. The van der Waals surface area contributed by atoms with Crippen molar-refractivity contribution >= 4 is 23.2 Å². The number of hydrogen-bond acceptors (Lipinski definition) is 3. The molecule has 20 heavy (non-hydrogen) atoms. The van der Waals surface area contributed by atoms with Crippen molar-refractivity contribution in [2.45, 2.75) is 32.4 Å². The standard InChI is InChI=1S/C14H18N4OS/c1-10-7-13(17(2)16-10)15-14(19)18(12-3-4-12)8-11-5-6-20-9-11/h5-7,9,12H,3-4,8H2,1-2H3,(H,15,19). The molecule has 0 saturated heterocycles. The molecule has 2 aromatic rings. The number of rotatable bonds is 4. The van der Waals surface area contributed by atoms with Crippen LogP contribution in [0.3, 0.4) is 0 Å². The van der Waals surface area contributed by atoms with Gasteiger partial charge in [-0.15, -0.1) is 0 Å². The summed E-state index contributed by atoms with van der Waals surface area (Å²) < 4.78 is 1.70. The highest BCUT2D eigenvalue weighted by atomic mass is 32.1. The third-order valence-electron chi connectivity index (χ3n) is 3.42. The van der Waals surface area contributed by atoms with Gasteiger partial charge in [0.1, 0.15) is 5.82 Å². The highest BCUT2D eigenvalue weighted by Gasteiger charge is 2.33. The van der Waals surface area contributed by atoms with Crippen LogP contribution in [0.1, 0.15) is 24.1 Å². The Morgan fingerprint density at radius 1 is 1.60 bits per heavy atom. The second-order valence-electron chi connectivity index (χ2n) is 5.22. The number of carbonyl (C=O) groups is 1. The number of amides is 2. The Hall–Kier alpha value is -1.82. The van der Waals surface area contributed by atoms with E-state index < -0.39 is 0 Å². The molecule has 0 aromatic carbocycles. The van der Waals surface area contributed by atoms with Crippen LogP contribution in [0.25, 0.3) is 0 Å². The molecule has 3 rings (SSSR count). The summed E-state index contributed by atoms with van der Waals surface area (Å²) in [6, 6.07) is 4.29. The maximum Gasteiger partial charge on any atom is 0.323 e. The van der Waals surface area contributed by atoms with Crippen LogP contribution in [-0.4, -0.2) is 26.8 Å². The average molecular weight is 290 g/mol. The van der Waals surface area contributed by atoms with Crippen molar-refractivity contribution in [2.75, 3.05) is 5.32 Å². The summed E-state index contributed by atoms with van der Waals surface area (Å²) in [6.07, 6.45) is 2.20. The van der Waals surface area contributed by atoms with Crippen LogP contribution in [0, 0.1) is 6.92 Å². The molecule has 2 heterocycles. The molecule has 106 valence electrons. The Bertz CT molecular complexity index is 601. The number of hydrogen-bond donors (Lipinski definition) is 1. The molecule has 0 bridgehead atoms. The quantitative estimate of drug-likeness (QED) is 0.941. The minimum absolute atomic E-state index is 0.0401. The zero-order chi connectivity index (χ0) is 14.1. The second kappa shape index (κ2) is 5.28. The van der Waals surface area contributed by atoms with E-state index in [-0.39, 0.29) is 6.03 Å². The van der Waals surface area contributed by atoms with Crippen LogP contribution >= 0.6 is 11.3 Å². The summed E-state index contributed by atoms with van der Waals surface area (Å²) in [5.74, 6) is 0.739. The molecule has 0 unspecified atom stereocenters. The second-order valence-corrected chi connectivity index (χ2v) is 6.00. The molecule has 1 fully saturated rings. The van der Waals surface area contributed by atoms with E-state index in [1.165, 1.54) is 5.56 Å². The van der Waals surface area contributed by atoms with Gasteiger partial charge in [0.25, 0.3) is 0 Å². The first kappa shape index (κ1) is 13.2. The SMILES string of the molecule is Cc1cc(NC(=O)N(Cc2ccsc2)C2CC2)n(C)n1. The molecule has 2 amide bonds. The lowest BCUT2D eigenvalue weighted by Crippen LogP contribution is -2.36. The molecule has 0 radical (unpaired) electrons. The fraction of sp³-hybridized carbons (Fsp3) is 0.429. The van der Waals surface area contributed by atoms with Crippen LogP contribution < -0.4 is 5.32 Å². The first-order valence-corrected chi connectivity index (χ1v) is 7.67. The predicted octanol–water partition coefficient (Wildman–Crippen LogP) is 2.99. The summed E-state index contributed by atoms with van der Waals surface area (Å²) in [4.78, 5) is 14.4. The van der Waals surface area contributed by atoms with Gasteiger partial charge in [-0.25, -0.2) is 4.79 Å². The Morgan fingerprint density at radius 2 is 2.40 bits per heavy atom. The molecule has 1 N–H and O–H groups in total. The summed E-state index contributed by atoms with van der Waals surface area (Å²) in [5, 5.41) is 11.3. The van der Waals surface area contributed by atoms with Crippen LogP contribution in [0.15, 0.2) is 22.9 Å². The number of carbonyl (C=O) groups excluding carboxylic acids is 1. The maximum atomic E-state index is 12.5. The zero-order valence-electron chi connectivity index (χ0n) is 11.7. The van der Waals surface area contributed by atoms with Crippen molar-refractivity contribution < 1.29 is 4.79 Å². The van der Waals surface area contributed by atoms with E-state index in [0.29, 0.717) is 12.6 Å². The maximum absolute atomic E-state index is 12.5. The normalized spacial score (nSPS) is 14.3. The van der Waals surface area contributed by atoms with Gasteiger partial charge in [-0.3, -0.25) is 10.00 Å². The van der Waals surface area contributed by atoms with Crippen LogP contribution in [0.4, 0.5) is 10.6 Å². The smallest absolute Gasteiger partial charge is 0.317 e. The van der Waals surface area contributed by atoms with Gasteiger partial charge in [-0.05, 0) is 42.2 Å². The highest BCUT2D eigenvalue weighted by molar-refractivity contribution is 7.07. The minimum Gasteiger partial charge on any atom is -0.317 e. The van der Waals surface area contributed by atoms with Crippen molar-refractivity contribution in [3.63, 3.8) is 0 Å². The molecule has 2 aromatic heterocycles. The lowest BCUT2D eigenvalue weighted by molar-refractivity contribution is 0.206. The Morgan fingerprint density at radius 3 is 2.95 bits per heavy atom. The monoisotopic (exact) mass is 290 g/mol. The summed E-state index contributed by atoms with van der Waals surface area (Å²) in [5.41, 5.74) is 2.09. The van der Waals surface area contributed by atoms with Gasteiger partial charge in [0, 0.05) is 25.7 Å². The van der Waals surface area contributed by atoms with E-state index >= 15 is 0 Å². The molecule has 5 nitrogen and oxygen atoms in total. The van der Waals surface area contributed by atoms with Crippen molar-refractivity contribution in [2.24, 2.45) is 7.05 Å². The van der Waals surface area contributed by atoms with Gasteiger partial charge in [-0.2, -0.15) is 16.4 Å². The van der Waals surface area contributed by atoms with E-state index in [1.54, 1.807) is 16.0 Å². The Kier molecular flexibility index (Phi) is 3.48. The number of nitrogens with zero attached hydrogens (tertiary/aromatic N) is 3. The molecule has 0 aliphatic heterocycles. The summed E-state index contributed by atoms with van der Waals surface area (Å²) in [6.45, 7) is 2.59. The number of urea groups is 1. The number of aromatic nitrogens is 2. The predicted molar refractivity (Wildman–Crippen MR) is 79.8 cm³/mol. The number of aryl methyl sites for hydroxylation is 2. The third-order valence-corrected chi connectivity index (χ3v) is 4.15. The summed E-state index contributed by atoms with van der Waals surface area (Å²) in [7, 11) is 1.84. The van der Waals surface area contributed by atoms with Crippen molar-refractivity contribution in [1.82, 2.24) is 14.7 Å². The first-order valence-electron chi connectivity index (χ1n) is 6.73. The number of thiophene rings is 1. The van der Waals surface area contributed by atoms with Gasteiger partial charge in [0.2, 0.25) is 0 Å². The lowest BCUT2D eigenvalue weighted by atomic mass is 10.3. The topological polar surface area (TPSA) is 50.2 Å². The van der Waals surface area contributed by atoms with Crippen molar-refractivity contribution in [3.05, 3.63) is 34.2 Å². The Labute approximate surface area is 122 Å².